The van der Waals surface area contributed by atoms with Crippen LogP contribution in [0.3, 0.4) is 0 Å². The smallest absolute Gasteiger partial charge is 0.444 e. The minimum Gasteiger partial charge on any atom is -0.444 e. The van der Waals surface area contributed by atoms with Gasteiger partial charge in [0, 0.05) is 17.8 Å². The van der Waals surface area contributed by atoms with E-state index in [1.165, 1.54) is 0 Å². The summed E-state index contributed by atoms with van der Waals surface area (Å²) in [5.41, 5.74) is -0.998. The molecule has 0 spiro atoms. The van der Waals surface area contributed by atoms with Crippen molar-refractivity contribution in [3.05, 3.63) is 29.8 Å². The van der Waals surface area contributed by atoms with Crippen LogP contribution < -0.4 is 14.2 Å². The number of nitrogens with one attached hydrogen (secondary N) is 2. The Morgan fingerprint density at radius 3 is 2.04 bits per heavy atom. The van der Waals surface area contributed by atoms with Gasteiger partial charge in [-0.1, -0.05) is 0 Å². The number of alkyl halides is 8. The van der Waals surface area contributed by atoms with Crippen LogP contribution in [-0.2, 0) is 6.18 Å². The fourth-order valence-electron chi connectivity index (χ4n) is 1.42. The Bertz CT molecular complexity index is 567. The molecule has 4 nitrogen and oxygen atoms in total. The zero-order chi connectivity index (χ0) is 18.2. The summed E-state index contributed by atoms with van der Waals surface area (Å²) in [6.45, 7) is 0. The van der Waals surface area contributed by atoms with Crippen molar-refractivity contribution >= 4 is 26.2 Å². The van der Waals surface area contributed by atoms with Crippen molar-refractivity contribution < 1.29 is 39.6 Å². The van der Waals surface area contributed by atoms with E-state index < -0.39 is 41.3 Å². The van der Waals surface area contributed by atoms with Crippen LogP contribution in [0.25, 0.3) is 0 Å². The fourth-order valence-corrected chi connectivity index (χ4v) is 6.16. The quantitative estimate of drug-likeness (QED) is 0.412. The topological polar surface area (TPSA) is 36.5 Å². The Morgan fingerprint density at radius 2 is 1.54 bits per heavy atom. The predicted molar refractivity (Wildman–Crippen MR) is 74.7 cm³/mol. The van der Waals surface area contributed by atoms with Gasteiger partial charge in [0.1, 0.15) is 5.75 Å². The lowest BCUT2D eigenvalue weighted by atomic mass is 10.2. The van der Waals surface area contributed by atoms with Crippen molar-refractivity contribution in [3.63, 3.8) is 0 Å². The van der Waals surface area contributed by atoms with E-state index in [0.717, 1.165) is 12.1 Å². The molecular formula is C9H8F8N3OP3. The van der Waals surface area contributed by atoms with Crippen LogP contribution in [0, 0.1) is 0 Å². The van der Waals surface area contributed by atoms with Crippen LogP contribution in [-0.4, -0.2) is 16.7 Å². The van der Waals surface area contributed by atoms with Crippen molar-refractivity contribution in [1.82, 2.24) is 14.2 Å². The lowest BCUT2D eigenvalue weighted by Gasteiger charge is -2.39. The van der Waals surface area contributed by atoms with Crippen LogP contribution in [0.1, 0.15) is 5.56 Å². The SMILES string of the molecule is FC(F)(F)c1ccc(OP2NPNPN2C(F)(F)C(F)(F)F)cc1. The molecule has 136 valence electrons. The van der Waals surface area contributed by atoms with Gasteiger partial charge in [-0.15, -0.1) is 4.44 Å². The standard InChI is InChI=1S/C9H8F8N3OP3/c10-7(11,12)5-1-3-6(4-2-5)21-24-19-22-18-23-20(24)9(16,17)8(13,14)15/h1-4,18-19,22-23H. The van der Waals surface area contributed by atoms with Gasteiger partial charge in [0.2, 0.25) is 0 Å². The number of hydrogen-bond donors (Lipinski definition) is 2. The van der Waals surface area contributed by atoms with E-state index in [0.29, 0.717) is 12.1 Å². The third-order valence-electron chi connectivity index (χ3n) is 2.54. The molecule has 1 aliphatic heterocycles. The highest BCUT2D eigenvalue weighted by Gasteiger charge is 2.65. The second-order valence-corrected chi connectivity index (χ2v) is 8.53. The molecule has 1 aromatic carbocycles. The Hall–Kier alpha value is -0.370. The van der Waals surface area contributed by atoms with Crippen LogP contribution in [0.2, 0.25) is 0 Å². The van der Waals surface area contributed by atoms with Gasteiger partial charge in [-0.3, -0.25) is 4.86 Å². The van der Waals surface area contributed by atoms with Crippen LogP contribution in [0.5, 0.6) is 5.75 Å². The minimum atomic E-state index is -5.83. The normalized spacial score (nSPS) is 22.9. The summed E-state index contributed by atoms with van der Waals surface area (Å²) in [4.78, 5) is 4.67. The maximum atomic E-state index is 13.5. The number of benzene rings is 1. The number of nitrogens with zero attached hydrogens (tertiary/aromatic N) is 1. The first-order chi connectivity index (χ1) is 10.9. The third-order valence-corrected chi connectivity index (χ3v) is 7.03. The Labute approximate surface area is 135 Å². The van der Waals surface area contributed by atoms with Gasteiger partial charge in [0.05, 0.1) is 5.56 Å². The van der Waals surface area contributed by atoms with Crippen LogP contribution in [0.15, 0.2) is 24.3 Å². The van der Waals surface area contributed by atoms with Crippen molar-refractivity contribution in [2.24, 2.45) is 0 Å². The molecule has 1 saturated heterocycles. The molecule has 15 heteroatoms. The molecule has 0 aromatic heterocycles. The first kappa shape index (κ1) is 19.9. The summed E-state index contributed by atoms with van der Waals surface area (Å²) >= 11 is 0. The number of hydrogen-bond acceptors (Lipinski definition) is 4. The zero-order valence-corrected chi connectivity index (χ0v) is 14.0. The lowest BCUT2D eigenvalue weighted by Crippen LogP contribution is -2.49. The first-order valence-electron chi connectivity index (χ1n) is 5.84. The van der Waals surface area contributed by atoms with Crippen LogP contribution in [0.4, 0.5) is 35.1 Å². The number of rotatable bonds is 3. The van der Waals surface area contributed by atoms with Gasteiger partial charge in [0.25, 0.3) is 8.45 Å². The summed E-state index contributed by atoms with van der Waals surface area (Å²) in [7, 11) is -4.02. The average molecular weight is 419 g/mol. The summed E-state index contributed by atoms with van der Waals surface area (Å²) in [6, 6.07) is -2.17. The summed E-state index contributed by atoms with van der Waals surface area (Å²) in [5.74, 6) is -0.263. The van der Waals surface area contributed by atoms with Gasteiger partial charge in [-0.05, 0) is 24.3 Å². The third kappa shape index (κ3) is 4.42. The van der Waals surface area contributed by atoms with Crippen molar-refractivity contribution in [1.29, 1.82) is 0 Å². The molecule has 0 amide bonds. The maximum Gasteiger partial charge on any atom is 0.470 e. The van der Waals surface area contributed by atoms with Crippen molar-refractivity contribution in [3.8, 4) is 5.75 Å². The van der Waals surface area contributed by atoms with Gasteiger partial charge >= 0.3 is 18.4 Å². The molecule has 3 unspecified atom stereocenters. The molecule has 0 saturated carbocycles. The molecule has 1 fully saturated rings. The van der Waals surface area contributed by atoms with Gasteiger partial charge < -0.3 is 4.52 Å². The summed E-state index contributed by atoms with van der Waals surface area (Å²) in [6.07, 6.45) is -10.4. The highest BCUT2D eigenvalue weighted by molar-refractivity contribution is 7.71. The second-order valence-electron chi connectivity index (χ2n) is 4.21. The highest BCUT2D eigenvalue weighted by Crippen LogP contribution is 2.59. The van der Waals surface area contributed by atoms with Gasteiger partial charge in [0.15, 0.2) is 0 Å². The minimum absolute atomic E-state index is 0.226. The largest absolute Gasteiger partial charge is 0.470 e. The zero-order valence-electron chi connectivity index (χ0n) is 11.1. The lowest BCUT2D eigenvalue weighted by molar-refractivity contribution is -0.308. The molecular weight excluding hydrogens is 411 g/mol. The molecule has 2 rings (SSSR count). The molecule has 3 atom stereocenters. The Kier molecular flexibility index (Phi) is 5.90. The molecule has 0 radical (unpaired) electrons. The Balaban J connectivity index is 2.17. The average Bonchev–Trinajstić information content (AvgIpc) is 2.46. The first-order valence-corrected chi connectivity index (χ1v) is 9.00. The van der Waals surface area contributed by atoms with E-state index in [4.69, 9.17) is 4.52 Å². The van der Waals surface area contributed by atoms with E-state index in [1.54, 1.807) is 0 Å². The summed E-state index contributed by atoms with van der Waals surface area (Å²) in [5, 5.41) is 0. The van der Waals surface area contributed by atoms with Crippen molar-refractivity contribution in [2.45, 2.75) is 18.4 Å². The van der Waals surface area contributed by atoms with Crippen LogP contribution >= 0.6 is 26.2 Å². The van der Waals surface area contributed by atoms with E-state index in [-0.39, 0.29) is 19.1 Å². The molecule has 24 heavy (non-hydrogen) atoms. The molecule has 2 N–H and O–H groups in total. The summed E-state index contributed by atoms with van der Waals surface area (Å²) < 4.78 is 107. The monoisotopic (exact) mass is 419 g/mol. The molecule has 0 bridgehead atoms. The molecule has 1 heterocycles. The predicted octanol–water partition coefficient (Wildman–Crippen LogP) is 4.98. The van der Waals surface area contributed by atoms with E-state index >= 15 is 0 Å². The van der Waals surface area contributed by atoms with Crippen molar-refractivity contribution in [2.75, 3.05) is 0 Å². The molecule has 1 aliphatic rings. The second kappa shape index (κ2) is 7.09. The molecule has 0 aliphatic carbocycles. The fraction of sp³-hybridized carbons (Fsp3) is 0.333. The number of halogens is 8. The van der Waals surface area contributed by atoms with Gasteiger partial charge in [-0.25, -0.2) is 4.86 Å². The van der Waals surface area contributed by atoms with Gasteiger partial charge in [-0.2, -0.15) is 35.1 Å². The van der Waals surface area contributed by atoms with E-state index in [2.05, 4.69) is 9.72 Å². The Morgan fingerprint density at radius 1 is 0.958 bits per heavy atom. The molecule has 1 aromatic rings. The van der Waals surface area contributed by atoms with E-state index in [1.807, 2.05) is 0 Å². The van der Waals surface area contributed by atoms with E-state index in [9.17, 15) is 35.1 Å². The highest BCUT2D eigenvalue weighted by atomic mass is 31.2. The maximum absolute atomic E-state index is 13.5.